The number of pyridine rings is 1. The van der Waals surface area contributed by atoms with E-state index in [2.05, 4.69) is 20.5 Å². The minimum atomic E-state index is -0.130. The van der Waals surface area contributed by atoms with Crippen LogP contribution in [-0.2, 0) is 0 Å². The molecule has 7 nitrogen and oxygen atoms in total. The number of likely N-dealkylation sites (tertiary alicyclic amines) is 1. The van der Waals surface area contributed by atoms with E-state index >= 15 is 0 Å². The first-order chi connectivity index (χ1) is 13.0. The number of nitrogens with zero attached hydrogens (tertiary/aromatic N) is 3. The predicted octanol–water partition coefficient (Wildman–Crippen LogP) is 2.22. The van der Waals surface area contributed by atoms with Gasteiger partial charge >= 0.3 is 0 Å². The fraction of sp³-hybridized carbons (Fsp3) is 0.300. The Labute approximate surface area is 156 Å². The van der Waals surface area contributed by atoms with Crippen molar-refractivity contribution in [3.05, 3.63) is 59.0 Å². The molecule has 0 radical (unpaired) electrons. The van der Waals surface area contributed by atoms with Gasteiger partial charge in [-0.2, -0.15) is 5.10 Å². The maximum Gasteiger partial charge on any atom is 0.255 e. The van der Waals surface area contributed by atoms with Crippen LogP contribution < -0.4 is 5.32 Å². The van der Waals surface area contributed by atoms with Gasteiger partial charge in [-0.1, -0.05) is 0 Å². The Bertz CT molecular complexity index is 1030. The van der Waals surface area contributed by atoms with Crippen LogP contribution in [0.1, 0.15) is 38.4 Å². The Morgan fingerprint density at radius 3 is 2.93 bits per heavy atom. The lowest BCUT2D eigenvalue weighted by Crippen LogP contribution is -2.38. The van der Waals surface area contributed by atoms with Crippen molar-refractivity contribution >= 4 is 22.7 Å². The monoisotopic (exact) mass is 363 g/mol. The van der Waals surface area contributed by atoms with Crippen molar-refractivity contribution in [3.63, 3.8) is 0 Å². The van der Waals surface area contributed by atoms with Crippen molar-refractivity contribution in [2.75, 3.05) is 13.1 Å². The molecule has 0 aliphatic carbocycles. The zero-order valence-electron chi connectivity index (χ0n) is 15.3. The molecule has 27 heavy (non-hydrogen) atoms. The number of amides is 2. The van der Waals surface area contributed by atoms with Crippen LogP contribution in [0.3, 0.4) is 0 Å². The third kappa shape index (κ3) is 3.28. The summed E-state index contributed by atoms with van der Waals surface area (Å²) in [5.41, 5.74) is 3.90. The lowest BCUT2D eigenvalue weighted by molar-refractivity contribution is 0.0782. The molecule has 0 unspecified atom stereocenters. The average molecular weight is 363 g/mol. The molecule has 2 amide bonds. The second kappa shape index (κ2) is 6.83. The van der Waals surface area contributed by atoms with Gasteiger partial charge in [0.15, 0.2) is 0 Å². The van der Waals surface area contributed by atoms with Gasteiger partial charge in [0.25, 0.3) is 11.8 Å². The molecule has 1 saturated heterocycles. The third-order valence-electron chi connectivity index (χ3n) is 5.09. The summed E-state index contributed by atoms with van der Waals surface area (Å²) in [6.07, 6.45) is 4.02. The summed E-state index contributed by atoms with van der Waals surface area (Å²) in [7, 11) is 0. The largest absolute Gasteiger partial charge is 0.347 e. The fourth-order valence-electron chi connectivity index (χ4n) is 3.47. The minimum Gasteiger partial charge on any atom is -0.347 e. The third-order valence-corrected chi connectivity index (χ3v) is 5.09. The Morgan fingerprint density at radius 2 is 2.11 bits per heavy atom. The number of hydrogen-bond donors (Lipinski definition) is 2. The first-order valence-corrected chi connectivity index (χ1v) is 8.98. The summed E-state index contributed by atoms with van der Waals surface area (Å²) in [4.78, 5) is 31.1. The molecule has 1 atom stereocenters. The molecule has 2 aromatic heterocycles. The van der Waals surface area contributed by atoms with Crippen molar-refractivity contribution < 1.29 is 9.59 Å². The summed E-state index contributed by atoms with van der Waals surface area (Å²) in [5, 5.41) is 11.1. The maximum atomic E-state index is 12.7. The minimum absolute atomic E-state index is 0.0345. The van der Waals surface area contributed by atoms with Gasteiger partial charge in [-0.3, -0.25) is 19.7 Å². The Hall–Kier alpha value is -3.22. The van der Waals surface area contributed by atoms with E-state index < -0.39 is 0 Å². The van der Waals surface area contributed by atoms with Crippen molar-refractivity contribution in [2.24, 2.45) is 0 Å². The Kier molecular flexibility index (Phi) is 4.35. The highest BCUT2D eigenvalue weighted by atomic mass is 16.2. The van der Waals surface area contributed by atoms with E-state index in [1.807, 2.05) is 32.0 Å². The Balaban J connectivity index is 1.43. The standard InChI is InChI=1S/C20H21N5O2/c1-12-5-7-21-10-17(12)20(27)25-8-6-15(11-25)22-19(26)14-3-4-18-16(9-14)13(2)23-24-18/h3-5,7,9-10,15H,6,8,11H2,1-2H3,(H,22,26)(H,23,24)/t15-/m0/s1. The molecule has 0 bridgehead atoms. The SMILES string of the molecule is Cc1ccncc1C(=O)N1CC[C@H](NC(=O)c2ccc3n[nH]c(C)c3c2)C1. The van der Waals surface area contributed by atoms with E-state index in [0.29, 0.717) is 24.2 Å². The number of carbonyl (C=O) groups is 2. The number of carbonyl (C=O) groups excluding carboxylic acids is 2. The molecule has 1 aromatic carbocycles. The number of fused-ring (bicyclic) bond motifs is 1. The number of hydrogen-bond acceptors (Lipinski definition) is 4. The maximum absolute atomic E-state index is 12.7. The predicted molar refractivity (Wildman–Crippen MR) is 102 cm³/mol. The summed E-state index contributed by atoms with van der Waals surface area (Å²) < 4.78 is 0. The van der Waals surface area contributed by atoms with E-state index in [1.165, 1.54) is 0 Å². The van der Waals surface area contributed by atoms with E-state index in [4.69, 9.17) is 0 Å². The lowest BCUT2D eigenvalue weighted by Gasteiger charge is -2.18. The molecule has 0 spiro atoms. The normalized spacial score (nSPS) is 16.7. The second-order valence-electron chi connectivity index (χ2n) is 6.98. The van der Waals surface area contributed by atoms with Crippen molar-refractivity contribution in [3.8, 4) is 0 Å². The van der Waals surface area contributed by atoms with Gasteiger partial charge in [-0.25, -0.2) is 0 Å². The summed E-state index contributed by atoms with van der Waals surface area (Å²) in [5.74, 6) is -0.165. The molecule has 2 N–H and O–H groups in total. The highest BCUT2D eigenvalue weighted by molar-refractivity contribution is 5.99. The number of aromatic amines is 1. The topological polar surface area (TPSA) is 91.0 Å². The molecule has 1 fully saturated rings. The molecule has 138 valence electrons. The number of aromatic nitrogens is 3. The van der Waals surface area contributed by atoms with E-state index in [-0.39, 0.29) is 17.9 Å². The van der Waals surface area contributed by atoms with Crippen LogP contribution in [0.2, 0.25) is 0 Å². The van der Waals surface area contributed by atoms with Gasteiger partial charge in [0.1, 0.15) is 0 Å². The lowest BCUT2D eigenvalue weighted by atomic mass is 10.1. The summed E-state index contributed by atoms with van der Waals surface area (Å²) >= 11 is 0. The van der Waals surface area contributed by atoms with Crippen LogP contribution in [0.15, 0.2) is 36.7 Å². The molecular weight excluding hydrogens is 342 g/mol. The van der Waals surface area contributed by atoms with Gasteiger partial charge in [0.2, 0.25) is 0 Å². The number of benzene rings is 1. The van der Waals surface area contributed by atoms with Gasteiger partial charge in [-0.05, 0) is 50.1 Å². The fourth-order valence-corrected chi connectivity index (χ4v) is 3.47. The average Bonchev–Trinajstić information content (AvgIpc) is 3.28. The number of H-pyrrole nitrogens is 1. The van der Waals surface area contributed by atoms with Crippen molar-refractivity contribution in [1.29, 1.82) is 0 Å². The number of aryl methyl sites for hydroxylation is 2. The van der Waals surface area contributed by atoms with Gasteiger partial charge in [0.05, 0.1) is 11.1 Å². The zero-order chi connectivity index (χ0) is 19.0. The molecule has 3 heterocycles. The molecule has 0 saturated carbocycles. The molecule has 4 rings (SSSR count). The quantitative estimate of drug-likeness (QED) is 0.746. The molecule has 1 aliphatic heterocycles. The first kappa shape index (κ1) is 17.2. The summed E-state index contributed by atoms with van der Waals surface area (Å²) in [6, 6.07) is 7.23. The van der Waals surface area contributed by atoms with Crippen LogP contribution >= 0.6 is 0 Å². The Morgan fingerprint density at radius 1 is 1.26 bits per heavy atom. The molecular formula is C20H21N5O2. The smallest absolute Gasteiger partial charge is 0.255 e. The highest BCUT2D eigenvalue weighted by Crippen LogP contribution is 2.19. The van der Waals surface area contributed by atoms with E-state index in [9.17, 15) is 9.59 Å². The van der Waals surface area contributed by atoms with E-state index in [0.717, 1.165) is 28.6 Å². The van der Waals surface area contributed by atoms with Crippen molar-refractivity contribution in [2.45, 2.75) is 26.3 Å². The van der Waals surface area contributed by atoms with Crippen LogP contribution in [0.5, 0.6) is 0 Å². The molecule has 1 aliphatic rings. The van der Waals surface area contributed by atoms with Crippen LogP contribution in [0, 0.1) is 13.8 Å². The molecule has 3 aromatic rings. The number of rotatable bonds is 3. The summed E-state index contributed by atoms with van der Waals surface area (Å²) in [6.45, 7) is 4.96. The highest BCUT2D eigenvalue weighted by Gasteiger charge is 2.29. The van der Waals surface area contributed by atoms with E-state index in [1.54, 1.807) is 23.4 Å². The van der Waals surface area contributed by atoms with Crippen LogP contribution in [-0.4, -0.2) is 51.0 Å². The van der Waals surface area contributed by atoms with Crippen molar-refractivity contribution in [1.82, 2.24) is 25.4 Å². The van der Waals surface area contributed by atoms with Gasteiger partial charge < -0.3 is 10.2 Å². The number of nitrogens with one attached hydrogen (secondary N) is 2. The second-order valence-corrected chi connectivity index (χ2v) is 6.98. The first-order valence-electron chi connectivity index (χ1n) is 8.98. The zero-order valence-corrected chi connectivity index (χ0v) is 15.3. The van der Waals surface area contributed by atoms with Crippen LogP contribution in [0.4, 0.5) is 0 Å². The van der Waals surface area contributed by atoms with Gasteiger partial charge in [0, 0.05) is 48.2 Å². The van der Waals surface area contributed by atoms with Crippen LogP contribution in [0.25, 0.3) is 10.9 Å². The molecule has 7 heteroatoms. The van der Waals surface area contributed by atoms with Gasteiger partial charge in [-0.15, -0.1) is 0 Å².